The number of hydrogen-bond acceptors (Lipinski definition) is 3. The second kappa shape index (κ2) is 6.13. The molecule has 1 aromatic rings. The van der Waals surface area contributed by atoms with Crippen molar-refractivity contribution in [2.45, 2.75) is 12.8 Å². The molecule has 0 fully saturated rings. The Kier molecular flexibility index (Phi) is 5.05. The zero-order valence-electron chi connectivity index (χ0n) is 8.07. The summed E-state index contributed by atoms with van der Waals surface area (Å²) in [5.41, 5.74) is 0. The third-order valence-corrected chi connectivity index (χ3v) is 2.95. The van der Waals surface area contributed by atoms with Crippen molar-refractivity contribution in [2.24, 2.45) is 0 Å². The Morgan fingerprint density at radius 3 is 2.92 bits per heavy atom. The molecule has 0 bridgehead atoms. The Bertz CT molecular complexity index is 211. The number of thiophene rings is 1. The molecule has 1 rings (SSSR count). The van der Waals surface area contributed by atoms with Crippen molar-refractivity contribution < 1.29 is 5.11 Å². The van der Waals surface area contributed by atoms with Crippen molar-refractivity contribution in [3.05, 3.63) is 22.4 Å². The molecule has 13 heavy (non-hydrogen) atoms. The Morgan fingerprint density at radius 1 is 1.46 bits per heavy atom. The first-order valence-electron chi connectivity index (χ1n) is 4.64. The maximum Gasteiger partial charge on any atom is 0.0443 e. The standard InChI is InChI=1S/C10H17NOS/c1-11(6-3-8-12)7-5-10-4-2-9-13-10/h2,4,9,12H,3,5-8H2,1H3. The van der Waals surface area contributed by atoms with Crippen LogP contribution < -0.4 is 0 Å². The van der Waals surface area contributed by atoms with Crippen molar-refractivity contribution in [3.63, 3.8) is 0 Å². The van der Waals surface area contributed by atoms with Gasteiger partial charge in [0.1, 0.15) is 0 Å². The largest absolute Gasteiger partial charge is 0.396 e. The summed E-state index contributed by atoms with van der Waals surface area (Å²) < 4.78 is 0. The second-order valence-electron chi connectivity index (χ2n) is 3.21. The van der Waals surface area contributed by atoms with E-state index in [1.807, 2.05) is 11.3 Å². The summed E-state index contributed by atoms with van der Waals surface area (Å²) in [6, 6.07) is 4.26. The minimum Gasteiger partial charge on any atom is -0.396 e. The van der Waals surface area contributed by atoms with Crippen molar-refractivity contribution in [3.8, 4) is 0 Å². The molecular formula is C10H17NOS. The fourth-order valence-corrected chi connectivity index (χ4v) is 1.91. The minimum atomic E-state index is 0.295. The molecule has 74 valence electrons. The Hall–Kier alpha value is -0.380. The summed E-state index contributed by atoms with van der Waals surface area (Å²) in [6.45, 7) is 2.37. The van der Waals surface area contributed by atoms with Gasteiger partial charge in [-0.2, -0.15) is 0 Å². The first-order valence-corrected chi connectivity index (χ1v) is 5.52. The van der Waals surface area contributed by atoms with Gasteiger partial charge in [-0.25, -0.2) is 0 Å². The molecule has 1 heterocycles. The molecule has 0 spiro atoms. The predicted octanol–water partition coefficient (Wildman–Crippen LogP) is 1.60. The van der Waals surface area contributed by atoms with Crippen molar-refractivity contribution in [1.29, 1.82) is 0 Å². The van der Waals surface area contributed by atoms with E-state index in [1.54, 1.807) is 0 Å². The van der Waals surface area contributed by atoms with Gasteiger partial charge in [0.2, 0.25) is 0 Å². The zero-order valence-corrected chi connectivity index (χ0v) is 8.89. The summed E-state index contributed by atoms with van der Waals surface area (Å²) in [4.78, 5) is 3.70. The summed E-state index contributed by atoms with van der Waals surface area (Å²) in [6.07, 6.45) is 2.00. The Morgan fingerprint density at radius 2 is 2.31 bits per heavy atom. The molecule has 0 unspecified atom stereocenters. The average Bonchev–Trinajstić information content (AvgIpc) is 2.64. The van der Waals surface area contributed by atoms with E-state index in [1.165, 1.54) is 4.88 Å². The van der Waals surface area contributed by atoms with Gasteiger partial charge in [-0.05, 0) is 31.3 Å². The highest BCUT2D eigenvalue weighted by molar-refractivity contribution is 7.09. The highest BCUT2D eigenvalue weighted by Crippen LogP contribution is 2.09. The lowest BCUT2D eigenvalue weighted by Crippen LogP contribution is -2.22. The second-order valence-corrected chi connectivity index (χ2v) is 4.24. The van der Waals surface area contributed by atoms with Gasteiger partial charge < -0.3 is 10.0 Å². The van der Waals surface area contributed by atoms with Crippen LogP contribution in [0.15, 0.2) is 17.5 Å². The summed E-state index contributed by atoms with van der Waals surface area (Å²) in [7, 11) is 2.10. The van der Waals surface area contributed by atoms with Crippen LogP contribution in [0, 0.1) is 0 Å². The Balaban J connectivity index is 2.11. The van der Waals surface area contributed by atoms with Crippen LogP contribution in [0.25, 0.3) is 0 Å². The van der Waals surface area contributed by atoms with Crippen LogP contribution in [0.3, 0.4) is 0 Å². The van der Waals surface area contributed by atoms with Crippen LogP contribution in [0.4, 0.5) is 0 Å². The van der Waals surface area contributed by atoms with Gasteiger partial charge >= 0.3 is 0 Å². The number of aliphatic hydroxyl groups excluding tert-OH is 1. The number of aliphatic hydroxyl groups is 1. The van der Waals surface area contributed by atoms with Gasteiger partial charge in [0.05, 0.1) is 0 Å². The van der Waals surface area contributed by atoms with Gasteiger partial charge in [-0.3, -0.25) is 0 Å². The Labute approximate surface area is 83.8 Å². The quantitative estimate of drug-likeness (QED) is 0.752. The van der Waals surface area contributed by atoms with E-state index in [4.69, 9.17) is 5.11 Å². The highest BCUT2D eigenvalue weighted by atomic mass is 32.1. The maximum absolute atomic E-state index is 8.64. The molecule has 1 N–H and O–H groups in total. The van der Waals surface area contributed by atoms with Crippen LogP contribution in [0.1, 0.15) is 11.3 Å². The molecule has 0 aliphatic heterocycles. The van der Waals surface area contributed by atoms with Crippen LogP contribution in [0.5, 0.6) is 0 Å². The van der Waals surface area contributed by atoms with E-state index >= 15 is 0 Å². The van der Waals surface area contributed by atoms with Gasteiger partial charge in [0.15, 0.2) is 0 Å². The van der Waals surface area contributed by atoms with Crippen molar-refractivity contribution in [2.75, 3.05) is 26.7 Å². The zero-order chi connectivity index (χ0) is 9.52. The molecule has 0 amide bonds. The molecule has 2 nitrogen and oxygen atoms in total. The van der Waals surface area contributed by atoms with Crippen molar-refractivity contribution in [1.82, 2.24) is 4.90 Å². The third-order valence-electron chi connectivity index (χ3n) is 2.02. The fraction of sp³-hybridized carbons (Fsp3) is 0.600. The lowest BCUT2D eigenvalue weighted by atomic mass is 10.3. The van der Waals surface area contributed by atoms with Crippen LogP contribution in [-0.4, -0.2) is 36.8 Å². The summed E-state index contributed by atoms with van der Waals surface area (Å²) in [5.74, 6) is 0. The van der Waals surface area contributed by atoms with Gasteiger partial charge in [-0.1, -0.05) is 6.07 Å². The van der Waals surface area contributed by atoms with E-state index in [-0.39, 0.29) is 0 Å². The monoisotopic (exact) mass is 199 g/mol. The predicted molar refractivity (Wildman–Crippen MR) is 57.2 cm³/mol. The van der Waals surface area contributed by atoms with Gasteiger partial charge in [0, 0.05) is 24.6 Å². The summed E-state index contributed by atoms with van der Waals surface area (Å²) in [5, 5.41) is 10.8. The van der Waals surface area contributed by atoms with Crippen LogP contribution in [0.2, 0.25) is 0 Å². The van der Waals surface area contributed by atoms with E-state index < -0.39 is 0 Å². The van der Waals surface area contributed by atoms with E-state index in [2.05, 4.69) is 29.5 Å². The first-order chi connectivity index (χ1) is 6.33. The smallest absolute Gasteiger partial charge is 0.0443 e. The van der Waals surface area contributed by atoms with Gasteiger partial charge in [0.25, 0.3) is 0 Å². The van der Waals surface area contributed by atoms with Crippen LogP contribution >= 0.6 is 11.3 Å². The molecule has 0 aliphatic carbocycles. The molecule has 0 aliphatic rings. The van der Waals surface area contributed by atoms with E-state index in [0.29, 0.717) is 6.61 Å². The fourth-order valence-electron chi connectivity index (χ4n) is 1.21. The minimum absolute atomic E-state index is 0.295. The van der Waals surface area contributed by atoms with Crippen LogP contribution in [-0.2, 0) is 6.42 Å². The molecule has 0 saturated carbocycles. The number of hydrogen-bond donors (Lipinski definition) is 1. The maximum atomic E-state index is 8.64. The average molecular weight is 199 g/mol. The molecule has 0 radical (unpaired) electrons. The normalized spacial score (nSPS) is 11.0. The number of rotatable bonds is 6. The first kappa shape index (κ1) is 10.7. The molecule has 3 heteroatoms. The van der Waals surface area contributed by atoms with Crippen molar-refractivity contribution >= 4 is 11.3 Å². The topological polar surface area (TPSA) is 23.5 Å². The van der Waals surface area contributed by atoms with E-state index in [0.717, 1.165) is 25.9 Å². The SMILES string of the molecule is CN(CCCO)CCc1cccs1. The van der Waals surface area contributed by atoms with Gasteiger partial charge in [-0.15, -0.1) is 11.3 Å². The molecule has 0 atom stereocenters. The molecule has 0 aromatic carbocycles. The lowest BCUT2D eigenvalue weighted by molar-refractivity contribution is 0.249. The molecule has 1 aromatic heterocycles. The third kappa shape index (κ3) is 4.41. The number of likely N-dealkylation sites (N-methyl/N-ethyl adjacent to an activating group) is 1. The lowest BCUT2D eigenvalue weighted by Gasteiger charge is -2.14. The highest BCUT2D eigenvalue weighted by Gasteiger charge is 1.98. The molecule has 0 saturated heterocycles. The summed E-state index contributed by atoms with van der Waals surface area (Å²) >= 11 is 1.81. The number of nitrogens with zero attached hydrogens (tertiary/aromatic N) is 1. The van der Waals surface area contributed by atoms with E-state index in [9.17, 15) is 0 Å². The molecular weight excluding hydrogens is 182 g/mol.